The van der Waals surface area contributed by atoms with Gasteiger partial charge in [0.2, 0.25) is 26.0 Å². The fourth-order valence-corrected chi connectivity index (χ4v) is 4.70. The number of nitrogens with one attached hydrogen (secondary N) is 2. The molecule has 8 nitrogen and oxygen atoms in total. The lowest BCUT2D eigenvalue weighted by molar-refractivity contribution is -0.117. The van der Waals surface area contributed by atoms with Crippen LogP contribution in [-0.2, 0) is 31.3 Å². The molecule has 0 aliphatic rings. The fourth-order valence-electron chi connectivity index (χ4n) is 2.86. The van der Waals surface area contributed by atoms with E-state index >= 15 is 0 Å². The molecule has 1 unspecified atom stereocenters. The lowest BCUT2D eigenvalue weighted by atomic mass is 10.1. The molecule has 3 aromatic rings. The van der Waals surface area contributed by atoms with Gasteiger partial charge in [0.1, 0.15) is 6.04 Å². The summed E-state index contributed by atoms with van der Waals surface area (Å²) in [5.74, 6) is -0.616. The Bertz CT molecular complexity index is 1300. The van der Waals surface area contributed by atoms with Crippen molar-refractivity contribution in [3.05, 3.63) is 89.4 Å². The molecule has 3 aromatic carbocycles. The highest BCUT2D eigenvalue weighted by Crippen LogP contribution is 2.17. The Kier molecular flexibility index (Phi) is 7.32. The van der Waals surface area contributed by atoms with Crippen LogP contribution in [0.3, 0.4) is 0 Å². The number of amides is 1. The normalized spacial score (nSPS) is 12.8. The van der Waals surface area contributed by atoms with Crippen molar-refractivity contribution in [3.8, 4) is 0 Å². The summed E-state index contributed by atoms with van der Waals surface area (Å²) in [5.41, 5.74) is 1.03. The van der Waals surface area contributed by atoms with Crippen LogP contribution in [0.1, 0.15) is 5.56 Å². The Morgan fingerprint density at radius 2 is 1.41 bits per heavy atom. The number of nitrogens with two attached hydrogens (primary N) is 1. The molecule has 32 heavy (non-hydrogen) atoms. The quantitative estimate of drug-likeness (QED) is 0.443. The average Bonchev–Trinajstić information content (AvgIpc) is 2.74. The van der Waals surface area contributed by atoms with Gasteiger partial charge in [0.05, 0.1) is 9.79 Å². The van der Waals surface area contributed by atoms with Gasteiger partial charge in [-0.25, -0.2) is 22.0 Å². The molecule has 3 rings (SSSR count). The zero-order chi connectivity index (χ0) is 23.4. The maximum Gasteiger partial charge on any atom is 0.242 e. The number of sulfonamides is 2. The van der Waals surface area contributed by atoms with Gasteiger partial charge in [-0.15, -0.1) is 0 Å². The van der Waals surface area contributed by atoms with Gasteiger partial charge in [0, 0.05) is 10.7 Å². The number of hydrogen-bond acceptors (Lipinski definition) is 5. The molecule has 0 heterocycles. The first-order valence-electron chi connectivity index (χ1n) is 9.30. The van der Waals surface area contributed by atoms with Crippen LogP contribution in [-0.4, -0.2) is 28.8 Å². The van der Waals surface area contributed by atoms with E-state index in [0.29, 0.717) is 5.02 Å². The van der Waals surface area contributed by atoms with Crippen LogP contribution in [0.5, 0.6) is 0 Å². The molecule has 0 bridgehead atoms. The number of primary sulfonamides is 1. The Balaban J connectivity index is 1.85. The van der Waals surface area contributed by atoms with Gasteiger partial charge in [0.15, 0.2) is 0 Å². The first-order valence-corrected chi connectivity index (χ1v) is 12.7. The molecule has 0 saturated carbocycles. The topological polar surface area (TPSA) is 135 Å². The van der Waals surface area contributed by atoms with Gasteiger partial charge in [-0.2, -0.15) is 4.72 Å². The third-order valence-electron chi connectivity index (χ3n) is 4.47. The van der Waals surface area contributed by atoms with Gasteiger partial charge in [-0.3, -0.25) is 4.79 Å². The van der Waals surface area contributed by atoms with E-state index in [4.69, 9.17) is 16.7 Å². The Hall–Kier alpha value is -2.76. The molecule has 0 spiro atoms. The second kappa shape index (κ2) is 9.80. The van der Waals surface area contributed by atoms with Gasteiger partial charge in [-0.05, 0) is 60.5 Å². The number of carbonyl (C=O) groups is 1. The summed E-state index contributed by atoms with van der Waals surface area (Å²) < 4.78 is 50.9. The monoisotopic (exact) mass is 493 g/mol. The van der Waals surface area contributed by atoms with Gasteiger partial charge in [0.25, 0.3) is 0 Å². The first kappa shape index (κ1) is 23.9. The molecule has 0 fully saturated rings. The molecule has 1 atom stereocenters. The van der Waals surface area contributed by atoms with Crippen molar-refractivity contribution >= 4 is 43.2 Å². The van der Waals surface area contributed by atoms with Crippen molar-refractivity contribution < 1.29 is 21.6 Å². The highest BCUT2D eigenvalue weighted by atomic mass is 35.5. The molecule has 1 amide bonds. The molecule has 4 N–H and O–H groups in total. The zero-order valence-electron chi connectivity index (χ0n) is 16.6. The van der Waals surface area contributed by atoms with E-state index in [1.807, 2.05) is 6.07 Å². The Labute approximate surface area is 191 Å². The van der Waals surface area contributed by atoms with Crippen molar-refractivity contribution in [3.63, 3.8) is 0 Å². The van der Waals surface area contributed by atoms with E-state index in [0.717, 1.165) is 5.56 Å². The average molecular weight is 494 g/mol. The lowest BCUT2D eigenvalue weighted by Crippen LogP contribution is -2.45. The molecule has 11 heteroatoms. The highest BCUT2D eigenvalue weighted by molar-refractivity contribution is 7.89. The van der Waals surface area contributed by atoms with E-state index in [2.05, 4.69) is 10.0 Å². The van der Waals surface area contributed by atoms with Crippen LogP contribution in [0.25, 0.3) is 0 Å². The van der Waals surface area contributed by atoms with Crippen LogP contribution in [0.4, 0.5) is 5.69 Å². The molecular weight excluding hydrogens is 474 g/mol. The molecule has 0 radical (unpaired) electrons. The predicted octanol–water partition coefficient (Wildman–Crippen LogP) is 2.52. The molecular formula is C21H20ClN3O5S2. The summed E-state index contributed by atoms with van der Waals surface area (Å²) in [6.45, 7) is 0. The summed E-state index contributed by atoms with van der Waals surface area (Å²) in [7, 11) is -7.90. The van der Waals surface area contributed by atoms with E-state index < -0.39 is 32.0 Å². The van der Waals surface area contributed by atoms with Crippen molar-refractivity contribution in [2.45, 2.75) is 22.3 Å². The number of anilines is 1. The second-order valence-electron chi connectivity index (χ2n) is 6.88. The fraction of sp³-hybridized carbons (Fsp3) is 0.0952. The van der Waals surface area contributed by atoms with Crippen LogP contribution < -0.4 is 15.2 Å². The minimum absolute atomic E-state index is 0.0368. The highest BCUT2D eigenvalue weighted by Gasteiger charge is 2.26. The summed E-state index contributed by atoms with van der Waals surface area (Å²) in [6.07, 6.45) is 0.0920. The summed E-state index contributed by atoms with van der Waals surface area (Å²) >= 11 is 5.83. The minimum atomic E-state index is -4.03. The maximum atomic E-state index is 13.0. The SMILES string of the molecule is NS(=O)(=O)c1ccc(NC(=O)C(Cc2ccccc2)NS(=O)(=O)c2ccc(Cl)cc2)cc1. The summed E-state index contributed by atoms with van der Waals surface area (Å²) in [6, 6.07) is 18.6. The van der Waals surface area contributed by atoms with Gasteiger partial charge < -0.3 is 5.32 Å². The summed E-state index contributed by atoms with van der Waals surface area (Å²) in [5, 5.41) is 8.06. The van der Waals surface area contributed by atoms with E-state index in [9.17, 15) is 21.6 Å². The van der Waals surface area contributed by atoms with Crippen molar-refractivity contribution in [1.29, 1.82) is 0 Å². The van der Waals surface area contributed by atoms with E-state index in [1.165, 1.54) is 48.5 Å². The lowest BCUT2D eigenvalue weighted by Gasteiger charge is -2.19. The summed E-state index contributed by atoms with van der Waals surface area (Å²) in [4.78, 5) is 12.8. The molecule has 168 valence electrons. The molecule has 0 aromatic heterocycles. The number of rotatable bonds is 8. The smallest absolute Gasteiger partial charge is 0.242 e. The van der Waals surface area contributed by atoms with Crippen LogP contribution in [0, 0.1) is 0 Å². The van der Waals surface area contributed by atoms with Crippen LogP contribution in [0.15, 0.2) is 88.7 Å². The largest absolute Gasteiger partial charge is 0.325 e. The number of benzene rings is 3. The Morgan fingerprint density at radius 1 is 0.844 bits per heavy atom. The Morgan fingerprint density at radius 3 is 1.97 bits per heavy atom. The van der Waals surface area contributed by atoms with Crippen molar-refractivity contribution in [2.75, 3.05) is 5.32 Å². The molecule has 0 aliphatic heterocycles. The van der Waals surface area contributed by atoms with Gasteiger partial charge >= 0.3 is 0 Å². The maximum absolute atomic E-state index is 13.0. The third-order valence-corrected chi connectivity index (χ3v) is 7.14. The van der Waals surface area contributed by atoms with E-state index in [1.54, 1.807) is 24.3 Å². The number of carbonyl (C=O) groups excluding carboxylic acids is 1. The van der Waals surface area contributed by atoms with Crippen molar-refractivity contribution in [2.24, 2.45) is 5.14 Å². The van der Waals surface area contributed by atoms with Gasteiger partial charge in [-0.1, -0.05) is 41.9 Å². The second-order valence-corrected chi connectivity index (χ2v) is 10.6. The van der Waals surface area contributed by atoms with Crippen molar-refractivity contribution in [1.82, 2.24) is 4.72 Å². The minimum Gasteiger partial charge on any atom is -0.325 e. The predicted molar refractivity (Wildman–Crippen MR) is 122 cm³/mol. The zero-order valence-corrected chi connectivity index (χ0v) is 19.0. The number of hydrogen-bond donors (Lipinski definition) is 3. The molecule has 0 saturated heterocycles. The van der Waals surface area contributed by atoms with Crippen LogP contribution >= 0.6 is 11.6 Å². The third kappa shape index (κ3) is 6.38. The molecule has 0 aliphatic carbocycles. The van der Waals surface area contributed by atoms with E-state index in [-0.39, 0.29) is 21.9 Å². The standard InChI is InChI=1S/C21H20ClN3O5S2/c22-16-6-10-19(11-7-16)32(29,30)25-20(14-15-4-2-1-3-5-15)21(26)24-17-8-12-18(13-9-17)31(23,27)28/h1-13,20,25H,14H2,(H,24,26)(H2,23,27,28). The number of halogens is 1. The first-order chi connectivity index (χ1) is 15.0. The van der Waals surface area contributed by atoms with Crippen LogP contribution in [0.2, 0.25) is 5.02 Å².